The molecule has 0 aliphatic rings. The molecule has 1 unspecified atom stereocenters. The fraction of sp³-hybridized carbons (Fsp3) is 0.471. The van der Waals surface area contributed by atoms with Gasteiger partial charge in [-0.25, -0.2) is 4.79 Å². The van der Waals surface area contributed by atoms with Crippen molar-refractivity contribution in [1.82, 2.24) is 5.32 Å². The van der Waals surface area contributed by atoms with Gasteiger partial charge in [-0.15, -0.1) is 0 Å². The predicted octanol–water partition coefficient (Wildman–Crippen LogP) is 2.86. The smallest absolute Gasteiger partial charge is 0.407 e. The van der Waals surface area contributed by atoms with E-state index in [0.717, 1.165) is 11.1 Å². The van der Waals surface area contributed by atoms with Crippen LogP contribution in [0.1, 0.15) is 44.4 Å². The van der Waals surface area contributed by atoms with Crippen molar-refractivity contribution in [3.05, 3.63) is 35.4 Å². The highest BCUT2D eigenvalue weighted by Crippen LogP contribution is 2.14. The highest BCUT2D eigenvalue weighted by Gasteiger charge is 2.11. The molecule has 0 aliphatic carbocycles. The maximum Gasteiger partial charge on any atom is 0.407 e. The zero-order valence-corrected chi connectivity index (χ0v) is 12.8. The van der Waals surface area contributed by atoms with Crippen LogP contribution in [0.15, 0.2) is 24.3 Å². The van der Waals surface area contributed by atoms with E-state index in [0.29, 0.717) is 18.9 Å². The second-order valence-corrected chi connectivity index (χ2v) is 5.26. The Morgan fingerprint density at radius 1 is 1.38 bits per heavy atom. The average Bonchev–Trinajstić information content (AvgIpc) is 2.46. The molecule has 4 nitrogen and oxygen atoms in total. The Balaban J connectivity index is 2.62. The maximum atomic E-state index is 11.6. The first-order chi connectivity index (χ1) is 10.0. The first-order valence-electron chi connectivity index (χ1n) is 7.16. The quantitative estimate of drug-likeness (QED) is 0.819. The number of alkyl carbamates (subject to hydrolysis) is 1. The molecule has 0 fully saturated rings. The molecule has 0 spiro atoms. The van der Waals surface area contributed by atoms with Gasteiger partial charge in [-0.05, 0) is 30.5 Å². The molecule has 1 rings (SSSR count). The third kappa shape index (κ3) is 6.82. The molecule has 0 aliphatic heterocycles. The van der Waals surface area contributed by atoms with E-state index >= 15 is 0 Å². The fourth-order valence-electron chi connectivity index (χ4n) is 1.65. The summed E-state index contributed by atoms with van der Waals surface area (Å²) in [7, 11) is 0. The van der Waals surface area contributed by atoms with Crippen molar-refractivity contribution in [2.75, 3.05) is 13.2 Å². The van der Waals surface area contributed by atoms with Gasteiger partial charge in [0.1, 0.15) is 0 Å². The van der Waals surface area contributed by atoms with E-state index in [2.05, 4.69) is 17.2 Å². The molecule has 0 saturated heterocycles. The first kappa shape index (κ1) is 17.1. The summed E-state index contributed by atoms with van der Waals surface area (Å²) in [6.45, 7) is 6.35. The lowest BCUT2D eigenvalue weighted by Gasteiger charge is -2.15. The summed E-state index contributed by atoms with van der Waals surface area (Å²) in [5.74, 6) is 6.18. The van der Waals surface area contributed by atoms with Crippen LogP contribution in [0.3, 0.4) is 0 Å². The summed E-state index contributed by atoms with van der Waals surface area (Å²) in [6.07, 6.45) is 0.0486. The minimum Gasteiger partial charge on any atom is -0.449 e. The zero-order valence-electron chi connectivity index (χ0n) is 12.8. The van der Waals surface area contributed by atoms with E-state index in [1.165, 1.54) is 0 Å². The number of carbonyl (C=O) groups is 1. The topological polar surface area (TPSA) is 58.6 Å². The van der Waals surface area contributed by atoms with Crippen LogP contribution in [0.5, 0.6) is 0 Å². The molecule has 0 heterocycles. The first-order valence-corrected chi connectivity index (χ1v) is 7.16. The summed E-state index contributed by atoms with van der Waals surface area (Å²) >= 11 is 0. The Morgan fingerprint density at radius 2 is 2.14 bits per heavy atom. The SMILES string of the molecule is CC(C)COC(=O)NC(C)c1cccc(C#CCCO)c1. The average molecular weight is 289 g/mol. The van der Waals surface area contributed by atoms with Crippen molar-refractivity contribution >= 4 is 6.09 Å². The number of carbonyl (C=O) groups excluding carboxylic acids is 1. The van der Waals surface area contributed by atoms with Crippen LogP contribution in [0.25, 0.3) is 0 Å². The molecule has 2 N–H and O–H groups in total. The normalized spacial score (nSPS) is 11.5. The molecule has 1 amide bonds. The highest BCUT2D eigenvalue weighted by atomic mass is 16.5. The Bertz CT molecular complexity index is 514. The Hall–Kier alpha value is -1.99. The molecule has 21 heavy (non-hydrogen) atoms. The molecule has 0 aromatic heterocycles. The van der Waals surface area contributed by atoms with Crippen molar-refractivity contribution in [2.45, 2.75) is 33.2 Å². The van der Waals surface area contributed by atoms with Gasteiger partial charge in [-0.2, -0.15) is 0 Å². The van der Waals surface area contributed by atoms with Crippen molar-refractivity contribution < 1.29 is 14.6 Å². The second kappa shape index (κ2) is 9.04. The molecule has 1 aromatic carbocycles. The number of benzene rings is 1. The second-order valence-electron chi connectivity index (χ2n) is 5.26. The zero-order chi connectivity index (χ0) is 15.7. The number of rotatable bonds is 5. The summed E-state index contributed by atoms with van der Waals surface area (Å²) in [6, 6.07) is 7.51. The number of nitrogens with one attached hydrogen (secondary N) is 1. The highest BCUT2D eigenvalue weighted by molar-refractivity contribution is 5.67. The molecular weight excluding hydrogens is 266 g/mol. The monoisotopic (exact) mass is 289 g/mol. The van der Waals surface area contributed by atoms with Crippen molar-refractivity contribution in [2.24, 2.45) is 5.92 Å². The summed E-state index contributed by atoms with van der Waals surface area (Å²) in [5, 5.41) is 11.5. The van der Waals surface area contributed by atoms with Crippen LogP contribution in [0.4, 0.5) is 4.79 Å². The largest absolute Gasteiger partial charge is 0.449 e. The number of aliphatic hydroxyl groups excluding tert-OH is 1. The lowest BCUT2D eigenvalue weighted by atomic mass is 10.1. The van der Waals surface area contributed by atoms with Gasteiger partial charge in [0.05, 0.1) is 19.3 Å². The lowest BCUT2D eigenvalue weighted by molar-refractivity contribution is 0.130. The molecular formula is C17H23NO3. The summed E-state index contributed by atoms with van der Waals surface area (Å²) < 4.78 is 5.10. The van der Waals surface area contributed by atoms with Gasteiger partial charge in [-0.3, -0.25) is 0 Å². The number of aliphatic hydroxyl groups is 1. The van der Waals surface area contributed by atoms with E-state index in [4.69, 9.17) is 9.84 Å². The number of ether oxygens (including phenoxy) is 1. The molecule has 1 aromatic rings. The lowest BCUT2D eigenvalue weighted by Crippen LogP contribution is -2.28. The Labute approximate surface area is 126 Å². The van der Waals surface area contributed by atoms with Gasteiger partial charge in [0, 0.05) is 12.0 Å². The Kier molecular flexibility index (Phi) is 7.34. The third-order valence-electron chi connectivity index (χ3n) is 2.74. The number of hydrogen-bond acceptors (Lipinski definition) is 3. The van der Waals surface area contributed by atoms with Crippen molar-refractivity contribution in [1.29, 1.82) is 0 Å². The van der Waals surface area contributed by atoms with Crippen LogP contribution in [0.2, 0.25) is 0 Å². The van der Waals surface area contributed by atoms with Crippen LogP contribution in [-0.4, -0.2) is 24.4 Å². The van der Waals surface area contributed by atoms with E-state index in [-0.39, 0.29) is 12.6 Å². The standard InChI is InChI=1S/C17H23NO3/c1-13(2)12-21-17(20)18-14(3)16-9-6-8-15(11-16)7-4-5-10-19/h6,8-9,11,13-14,19H,5,10,12H2,1-3H3,(H,18,20). The van der Waals surface area contributed by atoms with Crippen molar-refractivity contribution in [3.63, 3.8) is 0 Å². The summed E-state index contributed by atoms with van der Waals surface area (Å²) in [5.41, 5.74) is 1.83. The molecule has 0 radical (unpaired) electrons. The fourth-order valence-corrected chi connectivity index (χ4v) is 1.65. The molecule has 1 atom stereocenters. The van der Waals surface area contributed by atoms with E-state index in [9.17, 15) is 4.79 Å². The molecule has 4 heteroatoms. The van der Waals surface area contributed by atoms with Gasteiger partial charge in [0.25, 0.3) is 0 Å². The van der Waals surface area contributed by atoms with Crippen LogP contribution >= 0.6 is 0 Å². The van der Waals surface area contributed by atoms with Gasteiger partial charge in [0.2, 0.25) is 0 Å². The number of hydrogen-bond donors (Lipinski definition) is 2. The van der Waals surface area contributed by atoms with Crippen LogP contribution in [0, 0.1) is 17.8 Å². The minimum atomic E-state index is -0.409. The minimum absolute atomic E-state index is 0.0618. The number of amides is 1. The van der Waals surface area contributed by atoms with Gasteiger partial charge in [0.15, 0.2) is 0 Å². The van der Waals surface area contributed by atoms with Crippen LogP contribution in [-0.2, 0) is 4.74 Å². The van der Waals surface area contributed by atoms with E-state index in [1.54, 1.807) is 0 Å². The van der Waals surface area contributed by atoms with E-state index in [1.807, 2.05) is 45.0 Å². The molecule has 0 bridgehead atoms. The van der Waals surface area contributed by atoms with Gasteiger partial charge >= 0.3 is 6.09 Å². The van der Waals surface area contributed by atoms with E-state index < -0.39 is 6.09 Å². The maximum absolute atomic E-state index is 11.6. The van der Waals surface area contributed by atoms with Crippen molar-refractivity contribution in [3.8, 4) is 11.8 Å². The third-order valence-corrected chi connectivity index (χ3v) is 2.74. The van der Waals surface area contributed by atoms with Gasteiger partial charge in [-0.1, -0.05) is 37.8 Å². The van der Waals surface area contributed by atoms with Crippen LogP contribution < -0.4 is 5.32 Å². The predicted molar refractivity (Wildman–Crippen MR) is 82.8 cm³/mol. The molecule has 114 valence electrons. The van der Waals surface area contributed by atoms with Gasteiger partial charge < -0.3 is 15.2 Å². The Morgan fingerprint density at radius 3 is 2.81 bits per heavy atom. The summed E-state index contributed by atoms with van der Waals surface area (Å²) in [4.78, 5) is 11.6. The molecule has 0 saturated carbocycles.